The molecule has 0 bridgehead atoms. The van der Waals surface area contributed by atoms with Crippen LogP contribution in [0.5, 0.6) is 0 Å². The van der Waals surface area contributed by atoms with Gasteiger partial charge in [-0.25, -0.2) is 0 Å². The fourth-order valence-corrected chi connectivity index (χ4v) is 3.49. The highest BCUT2D eigenvalue weighted by molar-refractivity contribution is 5.78. The summed E-state index contributed by atoms with van der Waals surface area (Å²) in [6.45, 7) is 0.444. The molecule has 122 valence electrons. The van der Waals surface area contributed by atoms with Gasteiger partial charge in [0.2, 0.25) is 5.91 Å². The number of carbonyl (C=O) groups is 1. The van der Waals surface area contributed by atoms with Crippen molar-refractivity contribution in [3.63, 3.8) is 0 Å². The smallest absolute Gasteiger partial charge is 0.391 e. The van der Waals surface area contributed by atoms with Crippen molar-refractivity contribution in [2.24, 2.45) is 17.8 Å². The van der Waals surface area contributed by atoms with Crippen LogP contribution in [0.15, 0.2) is 0 Å². The van der Waals surface area contributed by atoms with E-state index in [4.69, 9.17) is 0 Å². The fraction of sp³-hybridized carbons (Fsp3) is 0.933. The molecule has 0 aromatic rings. The number of halogens is 3. The van der Waals surface area contributed by atoms with Crippen molar-refractivity contribution in [2.45, 2.75) is 63.6 Å². The Hall–Kier alpha value is -0.780. The molecule has 2 aliphatic carbocycles. The molecule has 1 amide bonds. The molecule has 2 rings (SSSR count). The molecule has 0 radical (unpaired) electrons. The van der Waals surface area contributed by atoms with Crippen LogP contribution < -0.4 is 5.32 Å². The minimum Gasteiger partial charge on any atom is -0.393 e. The van der Waals surface area contributed by atoms with Crippen LogP contribution in [0.25, 0.3) is 0 Å². The predicted molar refractivity (Wildman–Crippen MR) is 72.5 cm³/mol. The molecule has 2 N–H and O–H groups in total. The standard InChI is InChI=1S/C15H24F3NO2/c16-15(17,18)12-7-5-10(6-8-12)14(21)19-9-11-3-1-2-4-13(11)20/h10-13,20H,1-9H2,(H,19,21). The van der Waals surface area contributed by atoms with E-state index in [2.05, 4.69) is 5.32 Å². The van der Waals surface area contributed by atoms with Gasteiger partial charge in [0.1, 0.15) is 0 Å². The van der Waals surface area contributed by atoms with Gasteiger partial charge in [-0.1, -0.05) is 12.8 Å². The zero-order valence-electron chi connectivity index (χ0n) is 12.2. The second-order valence-electron chi connectivity index (χ2n) is 6.45. The first-order valence-electron chi connectivity index (χ1n) is 7.90. The van der Waals surface area contributed by atoms with Gasteiger partial charge in [0.05, 0.1) is 12.0 Å². The van der Waals surface area contributed by atoms with Gasteiger partial charge in [-0.2, -0.15) is 13.2 Å². The van der Waals surface area contributed by atoms with Crippen LogP contribution >= 0.6 is 0 Å². The summed E-state index contributed by atoms with van der Waals surface area (Å²) >= 11 is 0. The SMILES string of the molecule is O=C(NCC1CCCCC1O)C1CCC(C(F)(F)F)CC1. The van der Waals surface area contributed by atoms with E-state index in [9.17, 15) is 23.1 Å². The first-order chi connectivity index (χ1) is 9.88. The van der Waals surface area contributed by atoms with Gasteiger partial charge in [-0.15, -0.1) is 0 Å². The second kappa shape index (κ2) is 6.99. The Morgan fingerprint density at radius 3 is 2.24 bits per heavy atom. The number of nitrogens with one attached hydrogen (secondary N) is 1. The molecule has 3 nitrogen and oxygen atoms in total. The molecule has 0 aromatic heterocycles. The van der Waals surface area contributed by atoms with Crippen LogP contribution in [0.2, 0.25) is 0 Å². The maximum atomic E-state index is 12.6. The summed E-state index contributed by atoms with van der Waals surface area (Å²) in [5.74, 6) is -1.60. The Morgan fingerprint density at radius 2 is 1.67 bits per heavy atom. The van der Waals surface area contributed by atoms with Crippen molar-refractivity contribution < 1.29 is 23.1 Å². The van der Waals surface area contributed by atoms with Crippen LogP contribution in [0, 0.1) is 17.8 Å². The molecule has 2 fully saturated rings. The van der Waals surface area contributed by atoms with E-state index in [0.29, 0.717) is 19.4 Å². The molecule has 2 saturated carbocycles. The average molecular weight is 307 g/mol. The van der Waals surface area contributed by atoms with Gasteiger partial charge in [-0.05, 0) is 38.5 Å². The van der Waals surface area contributed by atoms with Gasteiger partial charge >= 0.3 is 6.18 Å². The molecule has 0 saturated heterocycles. The minimum atomic E-state index is -4.13. The largest absolute Gasteiger partial charge is 0.393 e. The van der Waals surface area contributed by atoms with E-state index in [0.717, 1.165) is 25.7 Å². The Balaban J connectivity index is 1.72. The molecule has 6 heteroatoms. The number of rotatable bonds is 3. The van der Waals surface area contributed by atoms with Gasteiger partial charge in [0.15, 0.2) is 0 Å². The van der Waals surface area contributed by atoms with Crippen molar-refractivity contribution in [1.82, 2.24) is 5.32 Å². The molecule has 0 aromatic carbocycles. The van der Waals surface area contributed by atoms with E-state index in [-0.39, 0.29) is 36.7 Å². The highest BCUT2D eigenvalue weighted by Crippen LogP contribution is 2.39. The maximum Gasteiger partial charge on any atom is 0.391 e. The monoisotopic (exact) mass is 307 g/mol. The van der Waals surface area contributed by atoms with Gasteiger partial charge in [0, 0.05) is 18.4 Å². The molecular weight excluding hydrogens is 283 g/mol. The first-order valence-corrected chi connectivity index (χ1v) is 7.90. The molecule has 0 aliphatic heterocycles. The molecule has 0 heterocycles. The van der Waals surface area contributed by atoms with Crippen LogP contribution in [-0.4, -0.2) is 29.8 Å². The van der Waals surface area contributed by atoms with E-state index < -0.39 is 12.1 Å². The zero-order chi connectivity index (χ0) is 15.5. The average Bonchev–Trinajstić information content (AvgIpc) is 2.45. The highest BCUT2D eigenvalue weighted by Gasteiger charge is 2.42. The Morgan fingerprint density at radius 1 is 1.05 bits per heavy atom. The first kappa shape index (κ1) is 16.6. The summed E-state index contributed by atoms with van der Waals surface area (Å²) in [4.78, 5) is 12.0. The topological polar surface area (TPSA) is 49.3 Å². The highest BCUT2D eigenvalue weighted by atomic mass is 19.4. The van der Waals surface area contributed by atoms with E-state index in [1.807, 2.05) is 0 Å². The third kappa shape index (κ3) is 4.59. The Bertz CT molecular complexity index is 351. The van der Waals surface area contributed by atoms with Crippen LogP contribution in [-0.2, 0) is 4.79 Å². The lowest BCUT2D eigenvalue weighted by Crippen LogP contribution is -2.41. The van der Waals surface area contributed by atoms with Crippen molar-refractivity contribution in [1.29, 1.82) is 0 Å². The zero-order valence-corrected chi connectivity index (χ0v) is 12.2. The number of aliphatic hydroxyl groups excluding tert-OH is 1. The van der Waals surface area contributed by atoms with Crippen molar-refractivity contribution in [3.05, 3.63) is 0 Å². The number of amides is 1. The lowest BCUT2D eigenvalue weighted by Gasteiger charge is -2.31. The van der Waals surface area contributed by atoms with Crippen molar-refractivity contribution in [3.8, 4) is 0 Å². The quantitative estimate of drug-likeness (QED) is 0.842. The van der Waals surface area contributed by atoms with Crippen LogP contribution in [0.4, 0.5) is 13.2 Å². The van der Waals surface area contributed by atoms with E-state index in [1.54, 1.807) is 0 Å². The van der Waals surface area contributed by atoms with Gasteiger partial charge in [0.25, 0.3) is 0 Å². The lowest BCUT2D eigenvalue weighted by atomic mass is 9.81. The Kier molecular flexibility index (Phi) is 5.52. The van der Waals surface area contributed by atoms with Crippen molar-refractivity contribution in [2.75, 3.05) is 6.54 Å². The van der Waals surface area contributed by atoms with Gasteiger partial charge in [-0.3, -0.25) is 4.79 Å². The van der Waals surface area contributed by atoms with E-state index in [1.165, 1.54) is 0 Å². The summed E-state index contributed by atoms with van der Waals surface area (Å²) in [5.41, 5.74) is 0. The molecule has 2 atom stereocenters. The second-order valence-corrected chi connectivity index (χ2v) is 6.45. The molecule has 2 unspecified atom stereocenters. The number of aliphatic hydroxyl groups is 1. The lowest BCUT2D eigenvalue weighted by molar-refractivity contribution is -0.184. The number of carbonyl (C=O) groups excluding carboxylic acids is 1. The maximum absolute atomic E-state index is 12.6. The van der Waals surface area contributed by atoms with E-state index >= 15 is 0 Å². The van der Waals surface area contributed by atoms with Crippen LogP contribution in [0.1, 0.15) is 51.4 Å². The molecule has 0 spiro atoms. The normalized spacial score (nSPS) is 34.5. The molecule has 2 aliphatic rings. The summed E-state index contributed by atoms with van der Waals surface area (Å²) in [6, 6.07) is 0. The third-order valence-corrected chi connectivity index (χ3v) is 4.97. The fourth-order valence-electron chi connectivity index (χ4n) is 3.49. The van der Waals surface area contributed by atoms with Crippen LogP contribution in [0.3, 0.4) is 0 Å². The summed E-state index contributed by atoms with van der Waals surface area (Å²) < 4.78 is 37.7. The van der Waals surface area contributed by atoms with Crippen molar-refractivity contribution >= 4 is 5.91 Å². The third-order valence-electron chi connectivity index (χ3n) is 4.97. The summed E-state index contributed by atoms with van der Waals surface area (Å²) in [6.07, 6.45) is -0.0117. The number of hydrogen-bond acceptors (Lipinski definition) is 2. The minimum absolute atomic E-state index is 0.0492. The predicted octanol–water partition coefficient (Wildman–Crippen LogP) is 3.02. The summed E-state index contributed by atoms with van der Waals surface area (Å²) in [7, 11) is 0. The number of hydrogen-bond donors (Lipinski definition) is 2. The summed E-state index contributed by atoms with van der Waals surface area (Å²) in [5, 5.41) is 12.7. The number of alkyl halides is 3. The Labute approximate surface area is 123 Å². The van der Waals surface area contributed by atoms with Gasteiger partial charge < -0.3 is 10.4 Å². The molecular formula is C15H24F3NO2. The molecule has 21 heavy (non-hydrogen) atoms.